The second kappa shape index (κ2) is 6.84. The van der Waals surface area contributed by atoms with Gasteiger partial charge in [0.05, 0.1) is 6.61 Å². The van der Waals surface area contributed by atoms with Crippen LogP contribution in [0.15, 0.2) is 42.5 Å². The maximum atomic E-state index is 13.6. The van der Waals surface area contributed by atoms with Gasteiger partial charge in [-0.25, -0.2) is 8.78 Å². The number of benzene rings is 2. The summed E-state index contributed by atoms with van der Waals surface area (Å²) in [5, 5.41) is 0. The Morgan fingerprint density at radius 3 is 2.45 bits per heavy atom. The van der Waals surface area contributed by atoms with Gasteiger partial charge in [0.1, 0.15) is 5.75 Å². The summed E-state index contributed by atoms with van der Waals surface area (Å²) < 4.78 is 32.2. The van der Waals surface area contributed by atoms with Gasteiger partial charge in [-0.15, -0.1) is 0 Å². The highest BCUT2D eigenvalue weighted by atomic mass is 79.9. The molecule has 0 spiro atoms. The molecule has 1 nitrogen and oxygen atoms in total. The van der Waals surface area contributed by atoms with Crippen molar-refractivity contribution in [1.29, 1.82) is 0 Å². The molecule has 0 aliphatic heterocycles. The van der Waals surface area contributed by atoms with E-state index < -0.39 is 11.6 Å². The Labute approximate surface area is 125 Å². The Kier molecular flexibility index (Phi) is 5.12. The van der Waals surface area contributed by atoms with Crippen LogP contribution in [0.25, 0.3) is 0 Å². The molecule has 0 radical (unpaired) electrons. The lowest BCUT2D eigenvalue weighted by Gasteiger charge is -2.12. The lowest BCUT2D eigenvalue weighted by molar-refractivity contribution is 0.340. The van der Waals surface area contributed by atoms with E-state index in [1.54, 1.807) is 6.07 Å². The summed E-state index contributed by atoms with van der Waals surface area (Å²) in [6.07, 6.45) is 0.386. The van der Waals surface area contributed by atoms with Crippen LogP contribution in [0.3, 0.4) is 0 Å². The van der Waals surface area contributed by atoms with Gasteiger partial charge >= 0.3 is 0 Å². The van der Waals surface area contributed by atoms with Crippen molar-refractivity contribution in [2.75, 3.05) is 6.61 Å². The predicted octanol–water partition coefficient (Wildman–Crippen LogP) is 5.04. The molecule has 0 N–H and O–H groups in total. The van der Waals surface area contributed by atoms with Crippen LogP contribution in [0.5, 0.6) is 5.75 Å². The Bertz CT molecular complexity index is 569. The summed E-state index contributed by atoms with van der Waals surface area (Å²) >= 11 is 3.52. The highest BCUT2D eigenvalue weighted by Crippen LogP contribution is 2.29. The van der Waals surface area contributed by atoms with Gasteiger partial charge in [0.2, 0.25) is 0 Å². The van der Waals surface area contributed by atoms with Gasteiger partial charge in [-0.1, -0.05) is 40.2 Å². The molecule has 4 heteroatoms. The molecule has 0 saturated carbocycles. The topological polar surface area (TPSA) is 9.23 Å². The molecule has 0 aliphatic carbocycles. The molecule has 1 atom stereocenters. The van der Waals surface area contributed by atoms with Crippen LogP contribution in [0.4, 0.5) is 8.78 Å². The third kappa shape index (κ3) is 3.57. The van der Waals surface area contributed by atoms with E-state index in [1.807, 2.05) is 31.2 Å². The maximum absolute atomic E-state index is 13.6. The highest BCUT2D eigenvalue weighted by Gasteiger charge is 2.14. The molecular weight excluding hydrogens is 326 g/mol. The number of hydrogen-bond donors (Lipinski definition) is 0. The third-order valence-electron chi connectivity index (χ3n) is 2.98. The maximum Gasteiger partial charge on any atom is 0.162 e. The fourth-order valence-electron chi connectivity index (χ4n) is 1.96. The molecule has 0 fully saturated rings. The quantitative estimate of drug-likeness (QED) is 0.692. The molecule has 20 heavy (non-hydrogen) atoms. The van der Waals surface area contributed by atoms with E-state index in [4.69, 9.17) is 4.74 Å². The van der Waals surface area contributed by atoms with E-state index in [1.165, 1.54) is 6.07 Å². The Morgan fingerprint density at radius 2 is 1.80 bits per heavy atom. The smallest absolute Gasteiger partial charge is 0.162 e. The number of halogens is 3. The Hall–Kier alpha value is -1.42. The van der Waals surface area contributed by atoms with Gasteiger partial charge in [-0.2, -0.15) is 0 Å². The van der Waals surface area contributed by atoms with Gasteiger partial charge in [0.15, 0.2) is 11.6 Å². The highest BCUT2D eigenvalue weighted by molar-refractivity contribution is 9.09. The summed E-state index contributed by atoms with van der Waals surface area (Å²) in [4.78, 5) is -0.0746. The van der Waals surface area contributed by atoms with Gasteiger partial charge < -0.3 is 4.74 Å². The van der Waals surface area contributed by atoms with E-state index >= 15 is 0 Å². The summed E-state index contributed by atoms with van der Waals surface area (Å²) in [7, 11) is 0. The van der Waals surface area contributed by atoms with Crippen LogP contribution in [0.2, 0.25) is 0 Å². The number of alkyl halides is 1. The largest absolute Gasteiger partial charge is 0.494 e. The van der Waals surface area contributed by atoms with Crippen LogP contribution >= 0.6 is 15.9 Å². The van der Waals surface area contributed by atoms with E-state index in [0.717, 1.165) is 17.4 Å². The first kappa shape index (κ1) is 15.0. The molecular formula is C16H15BrF2O. The lowest BCUT2D eigenvalue weighted by Crippen LogP contribution is -2.00. The fourth-order valence-corrected chi connectivity index (χ4v) is 2.61. The zero-order chi connectivity index (χ0) is 14.5. The van der Waals surface area contributed by atoms with Crippen molar-refractivity contribution in [3.63, 3.8) is 0 Å². The number of ether oxygens (including phenoxy) is 1. The van der Waals surface area contributed by atoms with Crippen LogP contribution < -0.4 is 4.74 Å². The second-order valence-electron chi connectivity index (χ2n) is 4.39. The van der Waals surface area contributed by atoms with E-state index in [-0.39, 0.29) is 4.83 Å². The average molecular weight is 341 g/mol. The molecule has 0 heterocycles. The molecule has 106 valence electrons. The van der Waals surface area contributed by atoms with E-state index in [2.05, 4.69) is 15.9 Å². The van der Waals surface area contributed by atoms with Crippen molar-refractivity contribution < 1.29 is 13.5 Å². The van der Waals surface area contributed by atoms with Gasteiger partial charge in [-0.05, 0) is 42.7 Å². The average Bonchev–Trinajstić information content (AvgIpc) is 2.45. The van der Waals surface area contributed by atoms with Gasteiger partial charge in [0, 0.05) is 4.83 Å². The Balaban J connectivity index is 2.11. The monoisotopic (exact) mass is 340 g/mol. The van der Waals surface area contributed by atoms with Crippen LogP contribution in [-0.2, 0) is 6.42 Å². The molecule has 0 aromatic heterocycles. The van der Waals surface area contributed by atoms with Crippen LogP contribution in [0.1, 0.15) is 22.9 Å². The first-order valence-corrected chi connectivity index (χ1v) is 7.33. The summed E-state index contributed by atoms with van der Waals surface area (Å²) in [6.45, 7) is 2.54. The second-order valence-corrected chi connectivity index (χ2v) is 5.49. The minimum absolute atomic E-state index is 0.0746. The Morgan fingerprint density at radius 1 is 1.10 bits per heavy atom. The van der Waals surface area contributed by atoms with Gasteiger partial charge in [-0.3, -0.25) is 0 Å². The molecule has 0 aliphatic rings. The van der Waals surface area contributed by atoms with E-state index in [9.17, 15) is 8.78 Å². The van der Waals surface area contributed by atoms with Crippen LogP contribution in [0, 0.1) is 11.6 Å². The lowest BCUT2D eigenvalue weighted by atomic mass is 10.0. The molecule has 2 aromatic rings. The standard InChI is InChI=1S/C16H15BrF2O/c1-2-20-13-8-6-11(7-9-13)14(17)10-12-4-3-5-15(18)16(12)19/h3-9,14H,2,10H2,1H3. The molecule has 2 rings (SSSR count). The molecule has 0 amide bonds. The molecule has 0 bridgehead atoms. The first-order valence-electron chi connectivity index (χ1n) is 6.41. The van der Waals surface area contributed by atoms with Crippen molar-refractivity contribution >= 4 is 15.9 Å². The van der Waals surface area contributed by atoms with Crippen molar-refractivity contribution in [1.82, 2.24) is 0 Å². The van der Waals surface area contributed by atoms with Crippen molar-refractivity contribution in [3.8, 4) is 5.75 Å². The summed E-state index contributed by atoms with van der Waals surface area (Å²) in [6, 6.07) is 11.8. The molecule has 1 unspecified atom stereocenters. The fraction of sp³-hybridized carbons (Fsp3) is 0.250. The molecule has 2 aromatic carbocycles. The first-order chi connectivity index (χ1) is 9.61. The SMILES string of the molecule is CCOc1ccc(C(Br)Cc2cccc(F)c2F)cc1. The van der Waals surface area contributed by atoms with E-state index in [0.29, 0.717) is 18.6 Å². The summed E-state index contributed by atoms with van der Waals surface area (Å²) in [5.41, 5.74) is 1.36. The summed E-state index contributed by atoms with van der Waals surface area (Å²) in [5.74, 6) is -0.787. The van der Waals surface area contributed by atoms with Gasteiger partial charge in [0.25, 0.3) is 0 Å². The number of hydrogen-bond acceptors (Lipinski definition) is 1. The zero-order valence-corrected chi connectivity index (χ0v) is 12.7. The minimum atomic E-state index is -0.811. The zero-order valence-electron chi connectivity index (χ0n) is 11.1. The van der Waals surface area contributed by atoms with Crippen molar-refractivity contribution in [2.24, 2.45) is 0 Å². The van der Waals surface area contributed by atoms with Crippen molar-refractivity contribution in [3.05, 3.63) is 65.2 Å². The minimum Gasteiger partial charge on any atom is -0.494 e. The normalized spacial score (nSPS) is 12.2. The van der Waals surface area contributed by atoms with Crippen LogP contribution in [-0.4, -0.2) is 6.61 Å². The molecule has 0 saturated heterocycles. The van der Waals surface area contributed by atoms with Crippen molar-refractivity contribution in [2.45, 2.75) is 18.2 Å². The predicted molar refractivity (Wildman–Crippen MR) is 79.3 cm³/mol. The number of rotatable bonds is 5. The third-order valence-corrected chi connectivity index (χ3v) is 3.84.